The van der Waals surface area contributed by atoms with Gasteiger partial charge in [0.1, 0.15) is 11.4 Å². The first kappa shape index (κ1) is 20.6. The van der Waals surface area contributed by atoms with E-state index in [2.05, 4.69) is 10.2 Å². The van der Waals surface area contributed by atoms with E-state index in [0.717, 1.165) is 18.4 Å². The Bertz CT molecular complexity index is 971. The van der Waals surface area contributed by atoms with Gasteiger partial charge in [-0.3, -0.25) is 0 Å². The number of halogens is 3. The lowest BCUT2D eigenvalue weighted by Gasteiger charge is -2.04. The topological polar surface area (TPSA) is 57.0 Å². The fraction of sp³-hybridized carbons (Fsp3) is 0.250. The van der Waals surface area contributed by atoms with Crippen molar-refractivity contribution in [3.8, 4) is 22.5 Å². The molecule has 1 aromatic heterocycles. The van der Waals surface area contributed by atoms with Gasteiger partial charge in [-0.05, 0) is 36.8 Å². The van der Waals surface area contributed by atoms with Crippen LogP contribution >= 0.6 is 34.8 Å². The molecule has 5 nitrogen and oxygen atoms in total. The van der Waals surface area contributed by atoms with Crippen LogP contribution in [0.25, 0.3) is 22.5 Å². The van der Waals surface area contributed by atoms with Crippen molar-refractivity contribution in [2.45, 2.75) is 26.3 Å². The molecular formula is C20H18Cl3N3O2. The lowest BCUT2D eigenvalue weighted by Crippen LogP contribution is -2.16. The van der Waals surface area contributed by atoms with E-state index < -0.39 is 0 Å². The van der Waals surface area contributed by atoms with Crippen LogP contribution < -0.4 is 0 Å². The number of esters is 1. The van der Waals surface area contributed by atoms with Crippen molar-refractivity contribution < 1.29 is 9.53 Å². The Morgan fingerprint density at radius 3 is 2.36 bits per heavy atom. The minimum absolute atomic E-state index is 0.0878. The van der Waals surface area contributed by atoms with Crippen molar-refractivity contribution in [3.05, 3.63) is 57.5 Å². The van der Waals surface area contributed by atoms with Gasteiger partial charge in [-0.15, -0.1) is 0 Å². The third-order valence-corrected chi connectivity index (χ3v) is 4.79. The molecule has 0 aliphatic rings. The van der Waals surface area contributed by atoms with Crippen molar-refractivity contribution in [1.29, 1.82) is 0 Å². The number of ether oxygens (including phenoxy) is 1. The highest BCUT2D eigenvalue weighted by Gasteiger charge is 2.19. The van der Waals surface area contributed by atoms with E-state index in [1.807, 2.05) is 19.1 Å². The van der Waals surface area contributed by atoms with Gasteiger partial charge in [0.2, 0.25) is 0 Å². The van der Waals surface area contributed by atoms with E-state index in [1.54, 1.807) is 30.3 Å². The van der Waals surface area contributed by atoms with Gasteiger partial charge in [0.25, 0.3) is 0 Å². The zero-order valence-corrected chi connectivity index (χ0v) is 17.4. The number of aromatic nitrogens is 3. The maximum absolute atomic E-state index is 12.1. The zero-order chi connectivity index (χ0) is 20.1. The standard InChI is InChI=1S/C20H18Cl3N3O2/c1-2-3-10-28-18(27)12-26-24-19(13-4-6-14(21)7-5-13)20(25-26)16-9-8-15(22)11-17(16)23/h4-9,11H,2-3,10,12H2,1H3. The molecule has 146 valence electrons. The molecule has 8 heteroatoms. The lowest BCUT2D eigenvalue weighted by atomic mass is 10.1. The average molecular weight is 439 g/mol. The summed E-state index contributed by atoms with van der Waals surface area (Å²) < 4.78 is 5.20. The molecule has 0 aliphatic heterocycles. The number of benzene rings is 2. The number of carbonyl (C=O) groups excluding carboxylic acids is 1. The number of nitrogens with zero attached hydrogens (tertiary/aromatic N) is 3. The molecular weight excluding hydrogens is 421 g/mol. The first-order valence-corrected chi connectivity index (χ1v) is 9.93. The van der Waals surface area contributed by atoms with Crippen LogP contribution in [0.2, 0.25) is 15.1 Å². The number of hydrogen-bond donors (Lipinski definition) is 0. The smallest absolute Gasteiger partial charge is 0.329 e. The average Bonchev–Trinajstić information content (AvgIpc) is 3.06. The molecule has 0 fully saturated rings. The molecule has 0 saturated heterocycles. The number of unbranched alkanes of at least 4 members (excludes halogenated alkanes) is 1. The van der Waals surface area contributed by atoms with Crippen molar-refractivity contribution in [2.24, 2.45) is 0 Å². The zero-order valence-electron chi connectivity index (χ0n) is 15.2. The van der Waals surface area contributed by atoms with Crippen molar-refractivity contribution in [1.82, 2.24) is 15.0 Å². The largest absolute Gasteiger partial charge is 0.464 e. The third-order valence-electron chi connectivity index (χ3n) is 3.99. The van der Waals surface area contributed by atoms with Gasteiger partial charge < -0.3 is 4.74 Å². The quantitative estimate of drug-likeness (QED) is 0.339. The van der Waals surface area contributed by atoms with Crippen LogP contribution in [0, 0.1) is 0 Å². The second-order valence-electron chi connectivity index (χ2n) is 6.13. The normalized spacial score (nSPS) is 10.9. The third kappa shape index (κ3) is 5.04. The number of hydrogen-bond acceptors (Lipinski definition) is 4. The van der Waals surface area contributed by atoms with Crippen LogP contribution in [0.1, 0.15) is 19.8 Å². The molecule has 0 atom stereocenters. The summed E-state index contributed by atoms with van der Waals surface area (Å²) in [5, 5.41) is 10.5. The lowest BCUT2D eigenvalue weighted by molar-refractivity contribution is -0.144. The monoisotopic (exact) mass is 437 g/mol. The summed E-state index contributed by atoms with van der Waals surface area (Å²) in [7, 11) is 0. The summed E-state index contributed by atoms with van der Waals surface area (Å²) in [4.78, 5) is 13.4. The number of carbonyl (C=O) groups is 1. The molecule has 0 bridgehead atoms. The molecule has 3 rings (SSSR count). The van der Waals surface area contributed by atoms with Crippen LogP contribution in [-0.4, -0.2) is 27.6 Å². The van der Waals surface area contributed by atoms with Gasteiger partial charge in [-0.1, -0.05) is 60.3 Å². The molecule has 0 aliphatic carbocycles. The Morgan fingerprint density at radius 2 is 1.68 bits per heavy atom. The van der Waals surface area contributed by atoms with Gasteiger partial charge in [-0.2, -0.15) is 15.0 Å². The highest BCUT2D eigenvalue weighted by atomic mass is 35.5. The van der Waals surface area contributed by atoms with Gasteiger partial charge in [0, 0.05) is 21.2 Å². The predicted octanol–water partition coefficient (Wildman–Crippen LogP) is 5.92. The van der Waals surface area contributed by atoms with Crippen molar-refractivity contribution in [3.63, 3.8) is 0 Å². The van der Waals surface area contributed by atoms with E-state index >= 15 is 0 Å². The molecule has 0 unspecified atom stereocenters. The van der Waals surface area contributed by atoms with E-state index in [9.17, 15) is 4.79 Å². The fourth-order valence-electron chi connectivity index (χ4n) is 2.58. The summed E-state index contributed by atoms with van der Waals surface area (Å²) in [6.07, 6.45) is 1.77. The van der Waals surface area contributed by atoms with E-state index in [4.69, 9.17) is 39.5 Å². The summed E-state index contributed by atoms with van der Waals surface area (Å²) in [5.41, 5.74) is 2.60. The predicted molar refractivity (Wildman–Crippen MR) is 112 cm³/mol. The summed E-state index contributed by atoms with van der Waals surface area (Å²) in [6.45, 7) is 2.33. The maximum atomic E-state index is 12.1. The molecule has 0 radical (unpaired) electrons. The molecule has 0 spiro atoms. The van der Waals surface area contributed by atoms with Crippen LogP contribution in [0.4, 0.5) is 0 Å². The van der Waals surface area contributed by atoms with E-state index in [0.29, 0.717) is 38.6 Å². The van der Waals surface area contributed by atoms with Gasteiger partial charge in [0.05, 0.1) is 11.6 Å². The Morgan fingerprint density at radius 1 is 1.00 bits per heavy atom. The van der Waals surface area contributed by atoms with Gasteiger partial charge >= 0.3 is 5.97 Å². The van der Waals surface area contributed by atoms with E-state index in [1.165, 1.54) is 4.80 Å². The Kier molecular flexibility index (Phi) is 6.94. The molecule has 2 aromatic carbocycles. The highest BCUT2D eigenvalue weighted by molar-refractivity contribution is 6.36. The molecule has 0 N–H and O–H groups in total. The minimum Gasteiger partial charge on any atom is -0.464 e. The Hall–Kier alpha value is -2.08. The first-order valence-electron chi connectivity index (χ1n) is 8.80. The summed E-state index contributed by atoms with van der Waals surface area (Å²) in [5.74, 6) is -0.389. The second-order valence-corrected chi connectivity index (χ2v) is 7.41. The summed E-state index contributed by atoms with van der Waals surface area (Å²) in [6, 6.07) is 12.4. The van der Waals surface area contributed by atoms with Crippen LogP contribution in [-0.2, 0) is 16.1 Å². The van der Waals surface area contributed by atoms with Gasteiger partial charge in [-0.25, -0.2) is 4.79 Å². The number of rotatable bonds is 7. The molecule has 28 heavy (non-hydrogen) atoms. The van der Waals surface area contributed by atoms with Crippen LogP contribution in [0.15, 0.2) is 42.5 Å². The van der Waals surface area contributed by atoms with E-state index in [-0.39, 0.29) is 12.5 Å². The Balaban J connectivity index is 1.97. The molecule has 3 aromatic rings. The van der Waals surface area contributed by atoms with Gasteiger partial charge in [0.15, 0.2) is 6.54 Å². The van der Waals surface area contributed by atoms with Crippen LogP contribution in [0.5, 0.6) is 0 Å². The second kappa shape index (κ2) is 9.41. The fourth-order valence-corrected chi connectivity index (χ4v) is 3.20. The molecule has 1 heterocycles. The Labute approximate surface area is 178 Å². The summed E-state index contributed by atoms with van der Waals surface area (Å²) >= 11 is 18.4. The van der Waals surface area contributed by atoms with Crippen molar-refractivity contribution >= 4 is 40.8 Å². The molecule has 0 saturated carbocycles. The maximum Gasteiger partial charge on any atom is 0.329 e. The molecule has 0 amide bonds. The SMILES string of the molecule is CCCCOC(=O)Cn1nc(-c2ccc(Cl)cc2)c(-c2ccc(Cl)cc2Cl)n1. The van der Waals surface area contributed by atoms with Crippen molar-refractivity contribution in [2.75, 3.05) is 6.61 Å². The first-order chi connectivity index (χ1) is 13.5. The van der Waals surface area contributed by atoms with Crippen LogP contribution in [0.3, 0.4) is 0 Å². The highest BCUT2D eigenvalue weighted by Crippen LogP contribution is 2.35. The minimum atomic E-state index is -0.389.